The highest BCUT2D eigenvalue weighted by Gasteiger charge is 2.30. The molecule has 0 aromatic carbocycles. The van der Waals surface area contributed by atoms with E-state index in [1.54, 1.807) is 0 Å². The van der Waals surface area contributed by atoms with Gasteiger partial charge in [-0.05, 0) is 25.8 Å². The zero-order chi connectivity index (χ0) is 14.3. The molecule has 0 aromatic heterocycles. The summed E-state index contributed by atoms with van der Waals surface area (Å²) < 4.78 is 36.4. The number of rotatable bonds is 5. The van der Waals surface area contributed by atoms with E-state index in [1.165, 1.54) is 4.90 Å². The fourth-order valence-electron chi connectivity index (χ4n) is 2.38. The highest BCUT2D eigenvalue weighted by molar-refractivity contribution is 5.74. The molecule has 112 valence electrons. The van der Waals surface area contributed by atoms with E-state index in [1.807, 2.05) is 5.32 Å². The Hall–Kier alpha value is -0.980. The second kappa shape index (κ2) is 7.57. The van der Waals surface area contributed by atoms with Gasteiger partial charge in [0.05, 0.1) is 0 Å². The maximum absolute atomic E-state index is 12.1. The first-order valence-corrected chi connectivity index (χ1v) is 6.75. The molecule has 0 saturated heterocycles. The molecule has 0 aliphatic heterocycles. The van der Waals surface area contributed by atoms with Crippen molar-refractivity contribution in [1.82, 2.24) is 10.2 Å². The SMILES string of the molecule is NCCCN(C(=O)NCC(F)(F)F)C1CCCCC1. The third kappa shape index (κ3) is 6.13. The van der Waals surface area contributed by atoms with Crippen LogP contribution in [0.4, 0.5) is 18.0 Å². The van der Waals surface area contributed by atoms with Crippen molar-refractivity contribution in [2.75, 3.05) is 19.6 Å². The predicted molar refractivity (Wildman–Crippen MR) is 66.7 cm³/mol. The molecular formula is C12H22F3N3O. The Labute approximate surface area is 111 Å². The van der Waals surface area contributed by atoms with Crippen LogP contribution in [0.15, 0.2) is 0 Å². The third-order valence-electron chi connectivity index (χ3n) is 3.32. The Morgan fingerprint density at radius 2 is 1.89 bits per heavy atom. The molecule has 0 spiro atoms. The lowest BCUT2D eigenvalue weighted by Crippen LogP contribution is -2.49. The molecule has 0 aromatic rings. The molecule has 19 heavy (non-hydrogen) atoms. The Kier molecular flexibility index (Phi) is 6.41. The van der Waals surface area contributed by atoms with E-state index in [9.17, 15) is 18.0 Å². The molecule has 4 nitrogen and oxygen atoms in total. The first-order valence-electron chi connectivity index (χ1n) is 6.75. The van der Waals surface area contributed by atoms with Gasteiger partial charge < -0.3 is 16.0 Å². The summed E-state index contributed by atoms with van der Waals surface area (Å²) in [5, 5.41) is 1.95. The van der Waals surface area contributed by atoms with Gasteiger partial charge in [-0.1, -0.05) is 19.3 Å². The summed E-state index contributed by atoms with van der Waals surface area (Å²) in [5.41, 5.74) is 5.41. The summed E-state index contributed by atoms with van der Waals surface area (Å²) in [6.45, 7) is -0.432. The topological polar surface area (TPSA) is 58.4 Å². The largest absolute Gasteiger partial charge is 0.405 e. The van der Waals surface area contributed by atoms with Gasteiger partial charge in [-0.15, -0.1) is 0 Å². The van der Waals surface area contributed by atoms with Crippen molar-refractivity contribution in [2.24, 2.45) is 5.73 Å². The van der Waals surface area contributed by atoms with Crippen LogP contribution in [-0.2, 0) is 0 Å². The molecule has 1 saturated carbocycles. The molecule has 2 amide bonds. The molecule has 7 heteroatoms. The number of carbonyl (C=O) groups is 1. The van der Waals surface area contributed by atoms with Crippen molar-refractivity contribution < 1.29 is 18.0 Å². The average Bonchev–Trinajstić information content (AvgIpc) is 2.37. The summed E-state index contributed by atoms with van der Waals surface area (Å²) in [6, 6.07) is -0.578. The minimum Gasteiger partial charge on any atom is -0.330 e. The van der Waals surface area contributed by atoms with Gasteiger partial charge in [0.1, 0.15) is 6.54 Å². The van der Waals surface area contributed by atoms with Crippen molar-refractivity contribution in [3.05, 3.63) is 0 Å². The van der Waals surface area contributed by atoms with Gasteiger partial charge in [0.15, 0.2) is 0 Å². The molecule has 1 aliphatic rings. The fourth-order valence-corrected chi connectivity index (χ4v) is 2.38. The van der Waals surface area contributed by atoms with E-state index in [4.69, 9.17) is 5.73 Å². The number of alkyl halides is 3. The first kappa shape index (κ1) is 16.1. The van der Waals surface area contributed by atoms with Crippen LogP contribution in [0.25, 0.3) is 0 Å². The lowest BCUT2D eigenvalue weighted by atomic mass is 9.94. The van der Waals surface area contributed by atoms with Crippen molar-refractivity contribution in [2.45, 2.75) is 50.7 Å². The van der Waals surface area contributed by atoms with Gasteiger partial charge >= 0.3 is 12.2 Å². The Bertz CT molecular complexity index is 278. The van der Waals surface area contributed by atoms with Gasteiger partial charge in [-0.25, -0.2) is 4.79 Å². The molecule has 0 radical (unpaired) electrons. The summed E-state index contributed by atoms with van der Waals surface area (Å²) in [6.07, 6.45) is 1.14. The zero-order valence-corrected chi connectivity index (χ0v) is 11.0. The summed E-state index contributed by atoms with van der Waals surface area (Å²) in [7, 11) is 0. The first-order chi connectivity index (χ1) is 8.94. The highest BCUT2D eigenvalue weighted by Crippen LogP contribution is 2.23. The van der Waals surface area contributed by atoms with E-state index in [0.29, 0.717) is 19.5 Å². The normalized spacial score (nSPS) is 17.3. The lowest BCUT2D eigenvalue weighted by molar-refractivity contribution is -0.123. The second-order valence-corrected chi connectivity index (χ2v) is 4.90. The average molecular weight is 281 g/mol. The van der Waals surface area contributed by atoms with Crippen molar-refractivity contribution >= 4 is 6.03 Å². The zero-order valence-electron chi connectivity index (χ0n) is 11.0. The molecule has 0 bridgehead atoms. The molecule has 3 N–H and O–H groups in total. The van der Waals surface area contributed by atoms with Crippen molar-refractivity contribution in [3.63, 3.8) is 0 Å². The lowest BCUT2D eigenvalue weighted by Gasteiger charge is -2.34. The van der Waals surface area contributed by atoms with E-state index in [-0.39, 0.29) is 6.04 Å². The fraction of sp³-hybridized carbons (Fsp3) is 0.917. The minimum atomic E-state index is -4.37. The highest BCUT2D eigenvalue weighted by atomic mass is 19.4. The standard InChI is InChI=1S/C12H22F3N3O/c13-12(14,15)9-17-11(19)18(8-4-7-16)10-5-2-1-3-6-10/h10H,1-9,16H2,(H,17,19). The van der Waals surface area contributed by atoms with Crippen LogP contribution in [0, 0.1) is 0 Å². The van der Waals surface area contributed by atoms with Crippen molar-refractivity contribution in [1.29, 1.82) is 0 Å². The number of hydrogen-bond acceptors (Lipinski definition) is 2. The summed E-state index contributed by atoms with van der Waals surface area (Å²) >= 11 is 0. The Morgan fingerprint density at radius 3 is 2.42 bits per heavy atom. The molecule has 1 aliphatic carbocycles. The molecular weight excluding hydrogens is 259 g/mol. The van der Waals surface area contributed by atoms with Crippen molar-refractivity contribution in [3.8, 4) is 0 Å². The molecule has 0 heterocycles. The van der Waals surface area contributed by atoms with E-state index in [2.05, 4.69) is 0 Å². The monoisotopic (exact) mass is 281 g/mol. The Morgan fingerprint density at radius 1 is 1.26 bits per heavy atom. The van der Waals surface area contributed by atoms with Crippen LogP contribution in [0.5, 0.6) is 0 Å². The number of halogens is 3. The van der Waals surface area contributed by atoms with E-state index < -0.39 is 18.8 Å². The van der Waals surface area contributed by atoms with E-state index in [0.717, 1.165) is 32.1 Å². The van der Waals surface area contributed by atoms with Crippen LogP contribution >= 0.6 is 0 Å². The molecule has 1 rings (SSSR count). The predicted octanol–water partition coefficient (Wildman–Crippen LogP) is 2.24. The summed E-state index contributed by atoms with van der Waals surface area (Å²) in [4.78, 5) is 13.4. The second-order valence-electron chi connectivity index (χ2n) is 4.90. The number of nitrogens with two attached hydrogens (primary N) is 1. The van der Waals surface area contributed by atoms with E-state index >= 15 is 0 Å². The molecule has 0 atom stereocenters. The summed E-state index contributed by atoms with van der Waals surface area (Å²) in [5.74, 6) is 0. The van der Waals surface area contributed by atoms with Gasteiger partial charge in [-0.3, -0.25) is 0 Å². The van der Waals surface area contributed by atoms with Crippen LogP contribution in [0.3, 0.4) is 0 Å². The van der Waals surface area contributed by atoms with Gasteiger partial charge in [-0.2, -0.15) is 13.2 Å². The number of nitrogens with zero attached hydrogens (tertiary/aromatic N) is 1. The smallest absolute Gasteiger partial charge is 0.330 e. The molecule has 1 fully saturated rings. The van der Waals surface area contributed by atoms with Crippen LogP contribution in [-0.4, -0.2) is 42.8 Å². The number of hydrogen-bond donors (Lipinski definition) is 2. The maximum atomic E-state index is 12.1. The quantitative estimate of drug-likeness (QED) is 0.812. The van der Waals surface area contributed by atoms with Gasteiger partial charge in [0.25, 0.3) is 0 Å². The van der Waals surface area contributed by atoms with Gasteiger partial charge in [0, 0.05) is 12.6 Å². The number of nitrogens with one attached hydrogen (secondary N) is 1. The minimum absolute atomic E-state index is 0.0496. The van der Waals surface area contributed by atoms with Crippen LogP contribution < -0.4 is 11.1 Å². The number of urea groups is 1. The van der Waals surface area contributed by atoms with Crippen LogP contribution in [0.2, 0.25) is 0 Å². The Balaban J connectivity index is 2.53. The number of amides is 2. The molecule has 0 unspecified atom stereocenters. The maximum Gasteiger partial charge on any atom is 0.405 e. The number of carbonyl (C=O) groups excluding carboxylic acids is 1. The van der Waals surface area contributed by atoms with Crippen LogP contribution in [0.1, 0.15) is 38.5 Å². The third-order valence-corrected chi connectivity index (χ3v) is 3.32. The van der Waals surface area contributed by atoms with Gasteiger partial charge in [0.2, 0.25) is 0 Å².